The molecule has 1 saturated carbocycles. The highest BCUT2D eigenvalue weighted by molar-refractivity contribution is 5.65. The molecule has 17 heavy (non-hydrogen) atoms. The molecule has 3 rings (SSSR count). The van der Waals surface area contributed by atoms with Crippen LogP contribution in [0.1, 0.15) is 12.8 Å². The van der Waals surface area contributed by atoms with Gasteiger partial charge in [-0.3, -0.25) is 0 Å². The van der Waals surface area contributed by atoms with Gasteiger partial charge in [-0.15, -0.1) is 0 Å². The molecule has 1 aliphatic carbocycles. The second-order valence-corrected chi connectivity index (χ2v) is 4.94. The number of anilines is 2. The van der Waals surface area contributed by atoms with Crippen molar-refractivity contribution in [3.05, 3.63) is 18.3 Å². The summed E-state index contributed by atoms with van der Waals surface area (Å²) in [5.74, 6) is 2.01. The number of hydrogen-bond acceptors (Lipinski definition) is 4. The van der Waals surface area contributed by atoms with Crippen molar-refractivity contribution < 1.29 is 0 Å². The lowest BCUT2D eigenvalue weighted by molar-refractivity contribution is 0.585. The van der Waals surface area contributed by atoms with E-state index in [4.69, 9.17) is 0 Å². The van der Waals surface area contributed by atoms with Gasteiger partial charge in [-0.25, -0.2) is 4.98 Å². The van der Waals surface area contributed by atoms with E-state index in [-0.39, 0.29) is 0 Å². The topological polar surface area (TPSA) is 40.2 Å². The van der Waals surface area contributed by atoms with E-state index < -0.39 is 0 Å². The Morgan fingerprint density at radius 3 is 2.94 bits per heavy atom. The summed E-state index contributed by atoms with van der Waals surface area (Å²) >= 11 is 0. The first kappa shape index (κ1) is 10.8. The number of nitrogens with one attached hydrogen (secondary N) is 2. The molecule has 4 heteroatoms. The number of aromatic nitrogens is 1. The van der Waals surface area contributed by atoms with Crippen LogP contribution in [0.3, 0.4) is 0 Å². The van der Waals surface area contributed by atoms with E-state index in [1.807, 2.05) is 12.3 Å². The van der Waals surface area contributed by atoms with Crippen LogP contribution in [0.5, 0.6) is 0 Å². The Kier molecular flexibility index (Phi) is 3.14. The Morgan fingerprint density at radius 1 is 1.35 bits per heavy atom. The van der Waals surface area contributed by atoms with Crippen LogP contribution in [0.4, 0.5) is 11.5 Å². The van der Waals surface area contributed by atoms with Crippen LogP contribution in [0.15, 0.2) is 18.3 Å². The second kappa shape index (κ2) is 4.92. The van der Waals surface area contributed by atoms with Gasteiger partial charge in [0.2, 0.25) is 0 Å². The molecule has 2 heterocycles. The van der Waals surface area contributed by atoms with Crippen molar-refractivity contribution in [1.29, 1.82) is 0 Å². The molecule has 1 aromatic heterocycles. The zero-order valence-electron chi connectivity index (χ0n) is 10.2. The van der Waals surface area contributed by atoms with E-state index >= 15 is 0 Å². The Morgan fingerprint density at radius 2 is 2.18 bits per heavy atom. The zero-order chi connectivity index (χ0) is 11.5. The summed E-state index contributed by atoms with van der Waals surface area (Å²) < 4.78 is 0. The smallest absolute Gasteiger partial charge is 0.152 e. The van der Waals surface area contributed by atoms with E-state index in [0.29, 0.717) is 0 Å². The fourth-order valence-corrected chi connectivity index (χ4v) is 2.24. The highest BCUT2D eigenvalue weighted by Crippen LogP contribution is 2.30. The summed E-state index contributed by atoms with van der Waals surface area (Å²) in [5, 5.41) is 6.92. The average Bonchev–Trinajstić information content (AvgIpc) is 3.22. The summed E-state index contributed by atoms with van der Waals surface area (Å²) in [5.41, 5.74) is 1.20. The molecule has 1 aliphatic heterocycles. The van der Waals surface area contributed by atoms with E-state index in [2.05, 4.69) is 26.6 Å². The van der Waals surface area contributed by atoms with Gasteiger partial charge in [0.15, 0.2) is 5.82 Å². The molecule has 0 atom stereocenters. The monoisotopic (exact) mass is 232 g/mol. The summed E-state index contributed by atoms with van der Waals surface area (Å²) in [6, 6.07) is 4.16. The number of hydrogen-bond donors (Lipinski definition) is 2. The first-order valence-corrected chi connectivity index (χ1v) is 6.58. The largest absolute Gasteiger partial charge is 0.382 e. The fraction of sp³-hybridized carbons (Fsp3) is 0.615. The second-order valence-electron chi connectivity index (χ2n) is 4.94. The van der Waals surface area contributed by atoms with Crippen molar-refractivity contribution in [1.82, 2.24) is 10.3 Å². The third-order valence-corrected chi connectivity index (χ3v) is 3.48. The maximum absolute atomic E-state index is 4.54. The van der Waals surface area contributed by atoms with E-state index in [9.17, 15) is 0 Å². The van der Waals surface area contributed by atoms with Gasteiger partial charge in [-0.1, -0.05) is 0 Å². The Hall–Kier alpha value is -1.29. The minimum Gasteiger partial charge on any atom is -0.382 e. The minimum absolute atomic E-state index is 0.895. The molecular weight excluding hydrogens is 212 g/mol. The van der Waals surface area contributed by atoms with Crippen LogP contribution >= 0.6 is 0 Å². The first-order valence-electron chi connectivity index (χ1n) is 6.58. The normalized spacial score (nSPS) is 20.4. The quantitative estimate of drug-likeness (QED) is 0.821. The molecular formula is C13H20N4. The van der Waals surface area contributed by atoms with Crippen LogP contribution in [-0.2, 0) is 0 Å². The third kappa shape index (κ3) is 2.69. The van der Waals surface area contributed by atoms with Gasteiger partial charge in [-0.05, 0) is 30.9 Å². The molecule has 92 valence electrons. The standard InChI is InChI=1S/C13H20N4/c1-2-12(16-10-11-3-4-11)13(15-5-1)17-8-6-14-7-9-17/h1-2,5,11,14,16H,3-4,6-10H2. The summed E-state index contributed by atoms with van der Waals surface area (Å²) in [6.45, 7) is 5.31. The van der Waals surface area contributed by atoms with Crippen LogP contribution in [0.2, 0.25) is 0 Å². The summed E-state index contributed by atoms with van der Waals surface area (Å²) in [7, 11) is 0. The molecule has 0 amide bonds. The van der Waals surface area contributed by atoms with Crippen LogP contribution < -0.4 is 15.5 Å². The lowest BCUT2D eigenvalue weighted by atomic mass is 10.3. The zero-order valence-corrected chi connectivity index (χ0v) is 10.2. The van der Waals surface area contributed by atoms with Gasteiger partial charge in [0.25, 0.3) is 0 Å². The molecule has 0 bridgehead atoms. The maximum atomic E-state index is 4.54. The molecule has 1 saturated heterocycles. The Balaban J connectivity index is 1.71. The number of rotatable bonds is 4. The molecule has 0 radical (unpaired) electrons. The molecule has 4 nitrogen and oxygen atoms in total. The maximum Gasteiger partial charge on any atom is 0.152 e. The van der Waals surface area contributed by atoms with Gasteiger partial charge in [0.1, 0.15) is 0 Å². The Labute approximate surface area is 102 Å². The molecule has 0 unspecified atom stereocenters. The van der Waals surface area contributed by atoms with Crippen molar-refractivity contribution in [2.24, 2.45) is 5.92 Å². The summed E-state index contributed by atoms with van der Waals surface area (Å²) in [6.07, 6.45) is 4.66. The van der Waals surface area contributed by atoms with Gasteiger partial charge in [-0.2, -0.15) is 0 Å². The van der Waals surface area contributed by atoms with Crippen molar-refractivity contribution in [2.75, 3.05) is 42.9 Å². The molecule has 2 fully saturated rings. The number of pyridine rings is 1. The molecule has 2 aliphatic rings. The predicted molar refractivity (Wildman–Crippen MR) is 70.5 cm³/mol. The number of piperazine rings is 1. The lowest BCUT2D eigenvalue weighted by Crippen LogP contribution is -2.44. The minimum atomic E-state index is 0.895. The molecule has 0 aromatic carbocycles. The molecule has 0 spiro atoms. The van der Waals surface area contributed by atoms with Gasteiger partial charge < -0.3 is 15.5 Å². The van der Waals surface area contributed by atoms with Crippen LogP contribution in [0.25, 0.3) is 0 Å². The van der Waals surface area contributed by atoms with Crippen molar-refractivity contribution >= 4 is 11.5 Å². The Bertz CT molecular complexity index is 369. The van der Waals surface area contributed by atoms with Crippen LogP contribution in [0, 0.1) is 5.92 Å². The van der Waals surface area contributed by atoms with E-state index in [1.54, 1.807) is 0 Å². The molecule has 2 N–H and O–H groups in total. The first-order chi connectivity index (χ1) is 8.43. The lowest BCUT2D eigenvalue weighted by Gasteiger charge is -2.30. The summed E-state index contributed by atoms with van der Waals surface area (Å²) in [4.78, 5) is 6.90. The average molecular weight is 232 g/mol. The highest BCUT2D eigenvalue weighted by Gasteiger charge is 2.22. The van der Waals surface area contributed by atoms with Gasteiger partial charge in [0, 0.05) is 38.9 Å². The number of nitrogens with zero attached hydrogens (tertiary/aromatic N) is 2. The van der Waals surface area contributed by atoms with Gasteiger partial charge in [0.05, 0.1) is 5.69 Å². The van der Waals surface area contributed by atoms with Crippen molar-refractivity contribution in [2.45, 2.75) is 12.8 Å². The fourth-order valence-electron chi connectivity index (χ4n) is 2.24. The van der Waals surface area contributed by atoms with Crippen LogP contribution in [-0.4, -0.2) is 37.7 Å². The SMILES string of the molecule is c1cnc(N2CCNCC2)c(NCC2CC2)c1. The molecule has 1 aromatic rings. The van der Waals surface area contributed by atoms with E-state index in [1.165, 1.54) is 18.5 Å². The highest BCUT2D eigenvalue weighted by atomic mass is 15.2. The van der Waals surface area contributed by atoms with E-state index in [0.717, 1.165) is 44.5 Å². The van der Waals surface area contributed by atoms with Gasteiger partial charge >= 0.3 is 0 Å². The van der Waals surface area contributed by atoms with Crippen molar-refractivity contribution in [3.8, 4) is 0 Å². The predicted octanol–water partition coefficient (Wildman–Crippen LogP) is 1.31. The van der Waals surface area contributed by atoms with Crippen molar-refractivity contribution in [3.63, 3.8) is 0 Å². The third-order valence-electron chi connectivity index (χ3n) is 3.48.